The Labute approximate surface area is 404 Å². The van der Waals surface area contributed by atoms with Gasteiger partial charge in [0.05, 0.1) is 0 Å². The molecule has 0 saturated heterocycles. The number of benzene rings is 9. The number of anilines is 9. The Balaban J connectivity index is 0.000000921. The molecular weight excluding hydrogens is 811 g/mol. The van der Waals surface area contributed by atoms with Crippen molar-refractivity contribution < 1.29 is 0 Å². The lowest BCUT2D eigenvalue weighted by Crippen LogP contribution is -2.10. The molecule has 0 amide bonds. The monoisotopic (exact) mass is 882 g/mol. The molecule has 0 aliphatic carbocycles. The van der Waals surface area contributed by atoms with E-state index < -0.39 is 0 Å². The normalized spacial score (nSPS) is 9.64. The Morgan fingerprint density at radius 3 is 0.403 bits per heavy atom. The maximum Gasteiger partial charge on any atom is 0.0462 e. The zero-order valence-corrected chi connectivity index (χ0v) is 41.5. The first-order valence-corrected chi connectivity index (χ1v) is 24.4. The lowest BCUT2D eigenvalue weighted by molar-refractivity contribution is 1.28. The van der Waals surface area contributed by atoms with Gasteiger partial charge >= 0.3 is 0 Å². The molecule has 0 unspecified atom stereocenters. The summed E-state index contributed by atoms with van der Waals surface area (Å²) in [4.78, 5) is 6.89. The van der Waals surface area contributed by atoms with Gasteiger partial charge in [-0.05, 0) is 131 Å². The van der Waals surface area contributed by atoms with Crippen LogP contribution in [0, 0.1) is 0 Å². The molecule has 0 heterocycles. The van der Waals surface area contributed by atoms with E-state index in [0.717, 1.165) is 51.2 Å². The Morgan fingerprint density at radius 1 is 0.149 bits per heavy atom. The van der Waals surface area contributed by atoms with Crippen LogP contribution in [0.15, 0.2) is 249 Å². The highest BCUT2D eigenvalue weighted by atomic mass is 15.2. The van der Waals surface area contributed by atoms with Crippen molar-refractivity contribution >= 4 is 51.2 Å². The van der Waals surface area contributed by atoms with E-state index in [9.17, 15) is 0 Å². The van der Waals surface area contributed by atoms with Crippen LogP contribution in [0.25, 0.3) is 22.3 Å². The standard InChI is InChI=1S/C54H41N3.5C2H6/c1-6-16-46(17-7-1)55(47-18-8-2-9-19-47)51-34-26-42(27-35-51)44-30-38-53(39-31-44)57(50-24-14-5-15-25-50)54-40-32-45(33-41-54)43-28-36-52(37-29-43)56(48-20-10-3-11-21-48)49-22-12-4-13-23-49;5*1-2/h1-41H;5*1-2H3. The molecule has 0 atom stereocenters. The fraction of sp³-hybridized carbons (Fsp3) is 0.156. The molecule has 67 heavy (non-hydrogen) atoms. The van der Waals surface area contributed by atoms with Crippen LogP contribution < -0.4 is 14.7 Å². The zero-order valence-electron chi connectivity index (χ0n) is 41.5. The second-order valence-electron chi connectivity index (χ2n) is 13.9. The van der Waals surface area contributed by atoms with Crippen LogP contribution in [0.5, 0.6) is 0 Å². The van der Waals surface area contributed by atoms with Gasteiger partial charge in [0.2, 0.25) is 0 Å². The average Bonchev–Trinajstić information content (AvgIpc) is 3.44. The third-order valence-corrected chi connectivity index (χ3v) is 10.2. The molecule has 0 radical (unpaired) electrons. The maximum atomic E-state index is 2.31. The van der Waals surface area contributed by atoms with Crippen molar-refractivity contribution in [3.05, 3.63) is 249 Å². The molecule has 3 heteroatoms. The molecule has 0 N–H and O–H groups in total. The predicted molar refractivity (Wildman–Crippen MR) is 298 cm³/mol. The fourth-order valence-corrected chi connectivity index (χ4v) is 7.44. The van der Waals surface area contributed by atoms with E-state index in [1.54, 1.807) is 0 Å². The topological polar surface area (TPSA) is 9.72 Å². The molecule has 0 saturated carbocycles. The number of hydrogen-bond donors (Lipinski definition) is 0. The van der Waals surface area contributed by atoms with Crippen molar-refractivity contribution in [3.63, 3.8) is 0 Å². The number of nitrogens with zero attached hydrogens (tertiary/aromatic N) is 3. The Hall–Kier alpha value is -7.62. The van der Waals surface area contributed by atoms with Gasteiger partial charge in [-0.3, -0.25) is 0 Å². The summed E-state index contributed by atoms with van der Waals surface area (Å²) >= 11 is 0. The van der Waals surface area contributed by atoms with Crippen molar-refractivity contribution in [2.24, 2.45) is 0 Å². The molecule has 0 aromatic heterocycles. The average molecular weight is 882 g/mol. The van der Waals surface area contributed by atoms with Gasteiger partial charge in [0.25, 0.3) is 0 Å². The minimum atomic E-state index is 1.10. The predicted octanol–water partition coefficient (Wildman–Crippen LogP) is 20.6. The first kappa shape index (κ1) is 52.0. The van der Waals surface area contributed by atoms with Crippen LogP contribution in [0.4, 0.5) is 51.2 Å². The van der Waals surface area contributed by atoms with E-state index in [2.05, 4.69) is 263 Å². The highest BCUT2D eigenvalue weighted by Crippen LogP contribution is 2.39. The van der Waals surface area contributed by atoms with Gasteiger partial charge in [0, 0.05) is 51.2 Å². The van der Waals surface area contributed by atoms with Crippen molar-refractivity contribution in [1.29, 1.82) is 0 Å². The highest BCUT2D eigenvalue weighted by molar-refractivity contribution is 5.82. The first-order chi connectivity index (χ1) is 33.3. The minimum absolute atomic E-state index is 1.10. The lowest BCUT2D eigenvalue weighted by Gasteiger charge is -2.26. The molecular formula is C64H71N3. The summed E-state index contributed by atoms with van der Waals surface area (Å²) in [6.45, 7) is 20.0. The molecule has 0 bridgehead atoms. The Kier molecular flexibility index (Phi) is 22.5. The summed E-state index contributed by atoms with van der Waals surface area (Å²) in [5.74, 6) is 0. The van der Waals surface area contributed by atoms with Crippen molar-refractivity contribution in [2.45, 2.75) is 69.2 Å². The van der Waals surface area contributed by atoms with Gasteiger partial charge in [0.1, 0.15) is 0 Å². The Morgan fingerprint density at radius 2 is 0.269 bits per heavy atom. The smallest absolute Gasteiger partial charge is 0.0462 e. The molecule has 0 spiro atoms. The summed E-state index contributed by atoms with van der Waals surface area (Å²) in [6.07, 6.45) is 0. The third-order valence-electron chi connectivity index (χ3n) is 10.2. The summed E-state index contributed by atoms with van der Waals surface area (Å²) in [5, 5.41) is 0. The largest absolute Gasteiger partial charge is 0.311 e. The molecule has 0 aliphatic heterocycles. The van der Waals surface area contributed by atoms with E-state index >= 15 is 0 Å². The molecule has 9 aromatic rings. The second-order valence-corrected chi connectivity index (χ2v) is 13.9. The van der Waals surface area contributed by atoms with Crippen molar-refractivity contribution in [3.8, 4) is 22.3 Å². The van der Waals surface area contributed by atoms with Crippen LogP contribution in [-0.4, -0.2) is 0 Å². The number of para-hydroxylation sites is 5. The molecule has 9 rings (SSSR count). The van der Waals surface area contributed by atoms with Crippen LogP contribution >= 0.6 is 0 Å². The van der Waals surface area contributed by atoms with Crippen molar-refractivity contribution in [1.82, 2.24) is 0 Å². The van der Waals surface area contributed by atoms with E-state index in [1.807, 2.05) is 69.2 Å². The van der Waals surface area contributed by atoms with E-state index in [1.165, 1.54) is 22.3 Å². The van der Waals surface area contributed by atoms with Gasteiger partial charge in [0.15, 0.2) is 0 Å². The SMILES string of the molecule is CC.CC.CC.CC.CC.c1ccc(N(c2ccccc2)c2ccc(-c3ccc(N(c4ccccc4)c4ccc(-c5ccc(N(c6ccccc6)c6ccccc6)cc5)cc4)cc3)cc2)cc1. The zero-order chi connectivity index (χ0) is 48.2. The minimum Gasteiger partial charge on any atom is -0.311 e. The third kappa shape index (κ3) is 13.7. The summed E-state index contributed by atoms with van der Waals surface area (Å²) in [7, 11) is 0. The summed E-state index contributed by atoms with van der Waals surface area (Å²) in [5.41, 5.74) is 14.7. The Bertz CT molecular complexity index is 2360. The number of hydrogen-bond acceptors (Lipinski definition) is 3. The van der Waals surface area contributed by atoms with Crippen LogP contribution in [0.3, 0.4) is 0 Å². The molecule has 0 fully saturated rings. The van der Waals surface area contributed by atoms with Gasteiger partial charge in [-0.25, -0.2) is 0 Å². The number of rotatable bonds is 11. The molecule has 3 nitrogen and oxygen atoms in total. The molecule has 0 aliphatic rings. The lowest BCUT2D eigenvalue weighted by atomic mass is 10.0. The summed E-state index contributed by atoms with van der Waals surface area (Å²) < 4.78 is 0. The maximum absolute atomic E-state index is 2.31. The summed E-state index contributed by atoms with van der Waals surface area (Å²) in [6, 6.07) is 88.1. The van der Waals surface area contributed by atoms with Gasteiger partial charge in [-0.2, -0.15) is 0 Å². The van der Waals surface area contributed by atoms with Gasteiger partial charge in [-0.15, -0.1) is 0 Å². The fourth-order valence-electron chi connectivity index (χ4n) is 7.44. The first-order valence-electron chi connectivity index (χ1n) is 24.4. The van der Waals surface area contributed by atoms with E-state index in [4.69, 9.17) is 0 Å². The van der Waals surface area contributed by atoms with Crippen molar-refractivity contribution in [2.75, 3.05) is 14.7 Å². The van der Waals surface area contributed by atoms with Crippen LogP contribution in [0.1, 0.15) is 69.2 Å². The second kappa shape index (κ2) is 29.0. The highest BCUT2D eigenvalue weighted by Gasteiger charge is 2.16. The molecule has 9 aromatic carbocycles. The van der Waals surface area contributed by atoms with E-state index in [-0.39, 0.29) is 0 Å². The van der Waals surface area contributed by atoms with Crippen LogP contribution in [0.2, 0.25) is 0 Å². The van der Waals surface area contributed by atoms with Gasteiger partial charge < -0.3 is 14.7 Å². The molecule has 342 valence electrons. The van der Waals surface area contributed by atoms with Crippen LogP contribution in [-0.2, 0) is 0 Å². The quantitative estimate of drug-likeness (QED) is 0.128. The van der Waals surface area contributed by atoms with Gasteiger partial charge in [-0.1, -0.05) is 209 Å². The van der Waals surface area contributed by atoms with E-state index in [0.29, 0.717) is 0 Å².